The Morgan fingerprint density at radius 1 is 1.00 bits per heavy atom. The van der Waals surface area contributed by atoms with Gasteiger partial charge in [0.2, 0.25) is 5.60 Å². The number of anilines is 1. The van der Waals surface area contributed by atoms with Crippen molar-refractivity contribution in [2.45, 2.75) is 17.5 Å². The standard InChI is InChI=1S/C18H9Cl2N3O3/c19-11-3-1-10(2-4-11)15-25-17(8-21,9-22)18(26-15)13-7-12(20)5-6-14(13)23-16(18)24/h1-7,15H,(H,23,24)/t15-,18+/m1/s1. The highest BCUT2D eigenvalue weighted by molar-refractivity contribution is 6.31. The highest BCUT2D eigenvalue weighted by atomic mass is 35.5. The first-order valence-electron chi connectivity index (χ1n) is 7.51. The Labute approximate surface area is 158 Å². The monoisotopic (exact) mass is 385 g/mol. The van der Waals surface area contributed by atoms with Crippen molar-refractivity contribution in [3.8, 4) is 12.1 Å². The summed E-state index contributed by atoms with van der Waals surface area (Å²) in [5.41, 5.74) is -2.92. The van der Waals surface area contributed by atoms with Crippen LogP contribution in [0.5, 0.6) is 0 Å². The molecule has 1 spiro atoms. The number of rotatable bonds is 1. The smallest absolute Gasteiger partial charge is 0.286 e. The van der Waals surface area contributed by atoms with E-state index in [1.165, 1.54) is 6.07 Å². The van der Waals surface area contributed by atoms with Gasteiger partial charge in [0.25, 0.3) is 11.5 Å². The van der Waals surface area contributed by atoms with Crippen molar-refractivity contribution in [3.05, 3.63) is 63.6 Å². The summed E-state index contributed by atoms with van der Waals surface area (Å²) >= 11 is 12.0. The number of nitrogens with one attached hydrogen (secondary N) is 1. The van der Waals surface area contributed by atoms with Gasteiger partial charge in [-0.25, -0.2) is 0 Å². The predicted molar refractivity (Wildman–Crippen MR) is 92.1 cm³/mol. The zero-order valence-corrected chi connectivity index (χ0v) is 14.5. The van der Waals surface area contributed by atoms with Gasteiger partial charge in [0.05, 0.1) is 0 Å². The third-order valence-corrected chi connectivity index (χ3v) is 4.94. The largest absolute Gasteiger partial charge is 0.323 e. The Hall–Kier alpha value is -2.61. The average molecular weight is 386 g/mol. The van der Waals surface area contributed by atoms with Gasteiger partial charge in [-0.15, -0.1) is 0 Å². The second-order valence-corrected chi connectivity index (χ2v) is 6.72. The van der Waals surface area contributed by atoms with Gasteiger partial charge < -0.3 is 14.8 Å². The molecule has 0 aliphatic carbocycles. The Balaban J connectivity index is 1.91. The number of nitrogens with zero attached hydrogens (tertiary/aromatic N) is 2. The molecule has 2 aliphatic heterocycles. The van der Waals surface area contributed by atoms with E-state index in [2.05, 4.69) is 5.32 Å². The molecule has 8 heteroatoms. The Morgan fingerprint density at radius 2 is 1.65 bits per heavy atom. The van der Waals surface area contributed by atoms with Crippen LogP contribution in [0, 0.1) is 22.7 Å². The van der Waals surface area contributed by atoms with Crippen molar-refractivity contribution >= 4 is 34.8 Å². The number of fused-ring (bicyclic) bond motifs is 2. The van der Waals surface area contributed by atoms with E-state index < -0.39 is 23.4 Å². The van der Waals surface area contributed by atoms with Crippen LogP contribution in [0.15, 0.2) is 42.5 Å². The molecule has 2 heterocycles. The second-order valence-electron chi connectivity index (χ2n) is 5.85. The van der Waals surface area contributed by atoms with Gasteiger partial charge in [-0.05, 0) is 30.3 Å². The van der Waals surface area contributed by atoms with Gasteiger partial charge in [0, 0.05) is 26.9 Å². The quantitative estimate of drug-likeness (QED) is 0.807. The van der Waals surface area contributed by atoms with Gasteiger partial charge in [-0.1, -0.05) is 35.3 Å². The van der Waals surface area contributed by atoms with Gasteiger partial charge in [0.1, 0.15) is 12.1 Å². The summed E-state index contributed by atoms with van der Waals surface area (Å²) in [7, 11) is 0. The number of hydrogen-bond donors (Lipinski definition) is 1. The topological polar surface area (TPSA) is 95.1 Å². The van der Waals surface area contributed by atoms with Crippen molar-refractivity contribution in [1.82, 2.24) is 0 Å². The third kappa shape index (κ3) is 2.08. The molecule has 0 unspecified atom stereocenters. The third-order valence-electron chi connectivity index (χ3n) is 4.45. The van der Waals surface area contributed by atoms with Crippen LogP contribution in [0.3, 0.4) is 0 Å². The molecule has 1 N–H and O–H groups in total. The fourth-order valence-electron chi connectivity index (χ4n) is 3.22. The summed E-state index contributed by atoms with van der Waals surface area (Å²) in [6.07, 6.45) is -1.11. The van der Waals surface area contributed by atoms with Crippen molar-refractivity contribution in [3.63, 3.8) is 0 Å². The molecule has 0 saturated carbocycles. The average Bonchev–Trinajstić information content (AvgIpc) is 3.13. The highest BCUT2D eigenvalue weighted by Gasteiger charge is 2.71. The first-order valence-corrected chi connectivity index (χ1v) is 8.26. The van der Waals surface area contributed by atoms with Gasteiger partial charge >= 0.3 is 0 Å². The molecule has 0 bridgehead atoms. The maximum Gasteiger partial charge on any atom is 0.286 e. The molecule has 4 rings (SSSR count). The Bertz CT molecular complexity index is 996. The molecule has 1 saturated heterocycles. The lowest BCUT2D eigenvalue weighted by atomic mass is 9.80. The fraction of sp³-hybridized carbons (Fsp3) is 0.167. The molecule has 0 radical (unpaired) electrons. The molecule has 1 amide bonds. The molecule has 128 valence electrons. The molecule has 2 atom stereocenters. The van der Waals surface area contributed by atoms with E-state index in [1.807, 2.05) is 12.1 Å². The van der Waals surface area contributed by atoms with Gasteiger partial charge in [-0.2, -0.15) is 10.5 Å². The van der Waals surface area contributed by atoms with Crippen molar-refractivity contribution in [2.75, 3.05) is 5.32 Å². The van der Waals surface area contributed by atoms with Crippen molar-refractivity contribution in [1.29, 1.82) is 10.5 Å². The van der Waals surface area contributed by atoms with Crippen molar-refractivity contribution < 1.29 is 14.3 Å². The molecular weight excluding hydrogens is 377 g/mol. The van der Waals surface area contributed by atoms with E-state index in [4.69, 9.17) is 32.7 Å². The van der Waals surface area contributed by atoms with Crippen LogP contribution in [0.1, 0.15) is 17.4 Å². The maximum atomic E-state index is 12.8. The van der Waals surface area contributed by atoms with Crippen LogP contribution >= 0.6 is 23.2 Å². The van der Waals surface area contributed by atoms with Crippen LogP contribution in [-0.4, -0.2) is 11.5 Å². The molecule has 2 aromatic carbocycles. The zero-order chi connectivity index (χ0) is 18.5. The first-order chi connectivity index (χ1) is 12.5. The zero-order valence-electron chi connectivity index (χ0n) is 13.0. The summed E-state index contributed by atoms with van der Waals surface area (Å²) in [5.74, 6) is -0.658. The lowest BCUT2D eigenvalue weighted by molar-refractivity contribution is -0.143. The normalized spacial score (nSPS) is 25.4. The first kappa shape index (κ1) is 16.8. The minimum Gasteiger partial charge on any atom is -0.323 e. The fourth-order valence-corrected chi connectivity index (χ4v) is 3.52. The number of carbonyl (C=O) groups excluding carboxylic acids is 1. The summed E-state index contributed by atoms with van der Waals surface area (Å²) < 4.78 is 11.6. The Kier molecular flexibility index (Phi) is 3.69. The molecule has 6 nitrogen and oxygen atoms in total. The number of halogens is 2. The van der Waals surface area contributed by atoms with E-state index in [9.17, 15) is 15.3 Å². The number of carbonyl (C=O) groups is 1. The van der Waals surface area contributed by atoms with Crippen LogP contribution in [-0.2, 0) is 19.9 Å². The summed E-state index contributed by atoms with van der Waals surface area (Å²) in [4.78, 5) is 12.8. The van der Waals surface area contributed by atoms with Crippen LogP contribution in [0.25, 0.3) is 0 Å². The minimum absolute atomic E-state index is 0.287. The molecular formula is C18H9Cl2N3O3. The maximum absolute atomic E-state index is 12.8. The van der Waals surface area contributed by atoms with Gasteiger partial charge in [0.15, 0.2) is 6.29 Å². The van der Waals surface area contributed by atoms with E-state index in [0.717, 1.165) is 0 Å². The lowest BCUT2D eigenvalue weighted by Crippen LogP contribution is -2.52. The van der Waals surface area contributed by atoms with Gasteiger partial charge in [-0.3, -0.25) is 4.79 Å². The molecule has 0 aromatic heterocycles. The van der Waals surface area contributed by atoms with Crippen LogP contribution < -0.4 is 5.32 Å². The van der Waals surface area contributed by atoms with E-state index in [-0.39, 0.29) is 5.56 Å². The highest BCUT2D eigenvalue weighted by Crippen LogP contribution is 2.56. The number of amides is 1. The summed E-state index contributed by atoms with van der Waals surface area (Å²) in [6.45, 7) is 0. The number of hydrogen-bond acceptors (Lipinski definition) is 5. The van der Waals surface area contributed by atoms with Crippen molar-refractivity contribution in [2.24, 2.45) is 0 Å². The molecule has 2 aliphatic rings. The number of benzene rings is 2. The van der Waals surface area contributed by atoms with E-state index in [0.29, 0.717) is 21.3 Å². The Morgan fingerprint density at radius 3 is 2.31 bits per heavy atom. The predicted octanol–water partition coefficient (Wildman–Crippen LogP) is 3.67. The molecule has 2 aromatic rings. The SMILES string of the molecule is N#CC1(C#N)O[C@@H](c2ccc(Cl)cc2)O[C@@]12C(=O)Nc1ccc(Cl)cc12. The van der Waals surface area contributed by atoms with E-state index in [1.54, 1.807) is 36.4 Å². The molecule has 26 heavy (non-hydrogen) atoms. The summed E-state index contributed by atoms with van der Waals surface area (Å²) in [5, 5.41) is 23.0. The number of ether oxygens (including phenoxy) is 2. The minimum atomic E-state index is -2.18. The summed E-state index contributed by atoms with van der Waals surface area (Å²) in [6, 6.07) is 14.8. The second kappa shape index (κ2) is 5.70. The van der Waals surface area contributed by atoms with E-state index >= 15 is 0 Å². The van der Waals surface area contributed by atoms with Crippen LogP contribution in [0.2, 0.25) is 10.0 Å². The lowest BCUT2D eigenvalue weighted by Gasteiger charge is -2.27. The number of nitriles is 2. The van der Waals surface area contributed by atoms with Crippen LogP contribution in [0.4, 0.5) is 5.69 Å². The molecule has 1 fully saturated rings.